The summed E-state index contributed by atoms with van der Waals surface area (Å²) in [7, 11) is 0. The van der Waals surface area contributed by atoms with E-state index in [9.17, 15) is 10.1 Å². The predicted molar refractivity (Wildman–Crippen MR) is 63.2 cm³/mol. The first-order chi connectivity index (χ1) is 7.89. The molecule has 2 rings (SSSR count). The summed E-state index contributed by atoms with van der Waals surface area (Å²) in [6.45, 7) is 6.21. The van der Waals surface area contributed by atoms with Crippen LogP contribution in [0.5, 0.6) is 0 Å². The van der Waals surface area contributed by atoms with Crippen LogP contribution in [0, 0.1) is 17.2 Å². The van der Waals surface area contributed by atoms with Gasteiger partial charge in [-0.1, -0.05) is 0 Å². The summed E-state index contributed by atoms with van der Waals surface area (Å²) in [4.78, 5) is 13.8. The first-order valence-electron chi connectivity index (χ1n) is 6.31. The van der Waals surface area contributed by atoms with E-state index in [1.165, 1.54) is 0 Å². The average Bonchev–Trinajstić information content (AvgIpc) is 2.96. The van der Waals surface area contributed by atoms with Gasteiger partial charge in [0.05, 0.1) is 6.07 Å². The maximum absolute atomic E-state index is 12.1. The molecule has 0 aromatic heterocycles. The van der Waals surface area contributed by atoms with E-state index in [-0.39, 0.29) is 6.09 Å². The minimum Gasteiger partial charge on any atom is -0.444 e. The molecule has 4 nitrogen and oxygen atoms in total. The second kappa shape index (κ2) is 3.90. The van der Waals surface area contributed by atoms with E-state index in [0.29, 0.717) is 12.5 Å². The van der Waals surface area contributed by atoms with Gasteiger partial charge in [0.15, 0.2) is 0 Å². The van der Waals surface area contributed by atoms with Crippen LogP contribution in [0.1, 0.15) is 46.5 Å². The largest absolute Gasteiger partial charge is 0.444 e. The van der Waals surface area contributed by atoms with Crippen LogP contribution in [0.4, 0.5) is 4.79 Å². The molecule has 1 heterocycles. The van der Waals surface area contributed by atoms with Crippen molar-refractivity contribution in [2.24, 2.45) is 5.92 Å². The second-order valence-corrected chi connectivity index (χ2v) is 6.05. The van der Waals surface area contributed by atoms with E-state index in [4.69, 9.17) is 4.74 Å². The number of carbonyl (C=O) groups excluding carboxylic acids is 1. The summed E-state index contributed by atoms with van der Waals surface area (Å²) in [5, 5.41) is 9.45. The van der Waals surface area contributed by atoms with Gasteiger partial charge in [-0.3, -0.25) is 4.90 Å². The lowest BCUT2D eigenvalue weighted by atomic mass is 9.92. The fourth-order valence-electron chi connectivity index (χ4n) is 2.61. The lowest BCUT2D eigenvalue weighted by Gasteiger charge is -2.34. The first-order valence-corrected chi connectivity index (χ1v) is 6.31. The number of hydrogen-bond acceptors (Lipinski definition) is 3. The minimum absolute atomic E-state index is 0.330. The molecule has 1 amide bonds. The van der Waals surface area contributed by atoms with Crippen LogP contribution in [0.25, 0.3) is 0 Å². The molecule has 1 aliphatic carbocycles. The van der Waals surface area contributed by atoms with Gasteiger partial charge < -0.3 is 4.74 Å². The van der Waals surface area contributed by atoms with Crippen molar-refractivity contribution >= 4 is 6.09 Å². The third-order valence-electron chi connectivity index (χ3n) is 3.48. The minimum atomic E-state index is -0.581. The van der Waals surface area contributed by atoms with Gasteiger partial charge in [-0.25, -0.2) is 4.79 Å². The number of rotatable bonds is 1. The number of hydrogen-bond donors (Lipinski definition) is 0. The quantitative estimate of drug-likeness (QED) is 0.703. The highest BCUT2D eigenvalue weighted by molar-refractivity contribution is 5.70. The van der Waals surface area contributed by atoms with Crippen molar-refractivity contribution in [3.63, 3.8) is 0 Å². The average molecular weight is 236 g/mol. The topological polar surface area (TPSA) is 53.3 Å². The van der Waals surface area contributed by atoms with Crippen LogP contribution in [0.2, 0.25) is 0 Å². The highest BCUT2D eigenvalue weighted by Gasteiger charge is 2.54. The Morgan fingerprint density at radius 3 is 2.59 bits per heavy atom. The van der Waals surface area contributed by atoms with Crippen molar-refractivity contribution in [3.8, 4) is 6.07 Å². The van der Waals surface area contributed by atoms with Crippen LogP contribution < -0.4 is 0 Å². The molecule has 1 atom stereocenters. The Labute approximate surface area is 103 Å². The van der Waals surface area contributed by atoms with Crippen LogP contribution in [0.3, 0.4) is 0 Å². The number of amides is 1. The lowest BCUT2D eigenvalue weighted by Crippen LogP contribution is -2.49. The SMILES string of the molecule is CC(C)(C)OC(=O)N1CCCC1(C#N)C1CC1. The Morgan fingerprint density at radius 1 is 1.47 bits per heavy atom. The van der Waals surface area contributed by atoms with Gasteiger partial charge in [-0.05, 0) is 52.4 Å². The molecular formula is C13H20N2O2. The van der Waals surface area contributed by atoms with Crippen LogP contribution in [-0.4, -0.2) is 28.7 Å². The van der Waals surface area contributed by atoms with E-state index < -0.39 is 11.1 Å². The molecule has 0 radical (unpaired) electrons. The third kappa shape index (κ3) is 2.24. The van der Waals surface area contributed by atoms with Gasteiger partial charge in [0.25, 0.3) is 0 Å². The number of carbonyl (C=O) groups is 1. The van der Waals surface area contributed by atoms with Gasteiger partial charge >= 0.3 is 6.09 Å². The predicted octanol–water partition coefficient (Wildman–Crippen LogP) is 2.69. The molecule has 0 aromatic carbocycles. The molecule has 1 saturated heterocycles. The van der Waals surface area contributed by atoms with E-state index in [1.54, 1.807) is 4.90 Å². The Hall–Kier alpha value is -1.24. The Kier molecular flexibility index (Phi) is 2.81. The Morgan fingerprint density at radius 2 is 2.12 bits per heavy atom. The van der Waals surface area contributed by atoms with E-state index >= 15 is 0 Å². The zero-order chi connectivity index (χ0) is 12.7. The van der Waals surface area contributed by atoms with E-state index in [0.717, 1.165) is 25.7 Å². The molecule has 94 valence electrons. The zero-order valence-electron chi connectivity index (χ0n) is 10.8. The normalized spacial score (nSPS) is 28.9. The summed E-state index contributed by atoms with van der Waals surface area (Å²) in [6.07, 6.45) is 3.50. The summed E-state index contributed by atoms with van der Waals surface area (Å²) >= 11 is 0. The molecule has 2 fully saturated rings. The third-order valence-corrected chi connectivity index (χ3v) is 3.48. The number of nitriles is 1. The van der Waals surface area contributed by atoms with Crippen molar-refractivity contribution < 1.29 is 9.53 Å². The summed E-state index contributed by atoms with van der Waals surface area (Å²) in [5.74, 6) is 0.363. The standard InChI is InChI=1S/C13H20N2O2/c1-12(2,3)17-11(16)15-8-4-7-13(15,9-14)10-5-6-10/h10H,4-8H2,1-3H3. The van der Waals surface area contributed by atoms with Crippen LogP contribution in [0.15, 0.2) is 0 Å². The summed E-state index contributed by atoms with van der Waals surface area (Å²) in [5.41, 5.74) is -1.08. The molecule has 0 spiro atoms. The van der Waals surface area contributed by atoms with Crippen LogP contribution >= 0.6 is 0 Å². The lowest BCUT2D eigenvalue weighted by molar-refractivity contribution is 0.0128. The fraction of sp³-hybridized carbons (Fsp3) is 0.846. The highest BCUT2D eigenvalue weighted by Crippen LogP contribution is 2.48. The number of ether oxygens (including phenoxy) is 1. The van der Waals surface area contributed by atoms with Gasteiger partial charge in [-0.15, -0.1) is 0 Å². The molecule has 0 bridgehead atoms. The van der Waals surface area contributed by atoms with Crippen LogP contribution in [-0.2, 0) is 4.74 Å². The van der Waals surface area contributed by atoms with Crippen molar-refractivity contribution in [2.75, 3.05) is 6.54 Å². The molecule has 1 saturated carbocycles. The summed E-state index contributed by atoms with van der Waals surface area (Å²) in [6, 6.07) is 2.38. The Bertz CT molecular complexity index is 363. The van der Waals surface area contributed by atoms with E-state index in [1.807, 2.05) is 20.8 Å². The number of likely N-dealkylation sites (tertiary alicyclic amines) is 1. The molecule has 2 aliphatic rings. The molecule has 0 N–H and O–H groups in total. The van der Waals surface area contributed by atoms with Crippen molar-refractivity contribution in [2.45, 2.75) is 57.6 Å². The molecular weight excluding hydrogens is 216 g/mol. The van der Waals surface area contributed by atoms with Crippen molar-refractivity contribution in [1.29, 1.82) is 5.26 Å². The monoisotopic (exact) mass is 236 g/mol. The zero-order valence-corrected chi connectivity index (χ0v) is 10.8. The second-order valence-electron chi connectivity index (χ2n) is 6.05. The van der Waals surface area contributed by atoms with Gasteiger partial charge in [-0.2, -0.15) is 5.26 Å². The molecule has 1 aliphatic heterocycles. The molecule has 1 unspecified atom stereocenters. The smallest absolute Gasteiger partial charge is 0.411 e. The Balaban J connectivity index is 2.14. The van der Waals surface area contributed by atoms with Gasteiger partial charge in [0.2, 0.25) is 0 Å². The highest BCUT2D eigenvalue weighted by atomic mass is 16.6. The van der Waals surface area contributed by atoms with E-state index in [2.05, 4.69) is 6.07 Å². The first kappa shape index (κ1) is 12.2. The fourth-order valence-corrected chi connectivity index (χ4v) is 2.61. The molecule has 0 aromatic rings. The van der Waals surface area contributed by atoms with Crippen molar-refractivity contribution in [3.05, 3.63) is 0 Å². The maximum atomic E-state index is 12.1. The van der Waals surface area contributed by atoms with Gasteiger partial charge in [0, 0.05) is 6.54 Å². The van der Waals surface area contributed by atoms with Crippen molar-refractivity contribution in [1.82, 2.24) is 4.90 Å². The molecule has 17 heavy (non-hydrogen) atoms. The van der Waals surface area contributed by atoms with Gasteiger partial charge in [0.1, 0.15) is 11.1 Å². The maximum Gasteiger partial charge on any atom is 0.411 e. The number of nitrogens with zero attached hydrogens (tertiary/aromatic N) is 2. The molecule has 4 heteroatoms. The summed E-state index contributed by atoms with van der Waals surface area (Å²) < 4.78 is 5.39.